The van der Waals surface area contributed by atoms with Crippen LogP contribution in [0.2, 0.25) is 0 Å². The lowest BCUT2D eigenvalue weighted by Crippen LogP contribution is -2.54. The quantitative estimate of drug-likeness (QED) is 0.729. The number of benzene rings is 1. The molecule has 1 aromatic carbocycles. The smallest absolute Gasteiger partial charge is 0.273 e. The second kappa shape index (κ2) is 7.05. The van der Waals surface area contributed by atoms with Crippen LogP contribution >= 0.6 is 0 Å². The van der Waals surface area contributed by atoms with E-state index in [9.17, 15) is 13.2 Å². The molecule has 5 saturated carbocycles. The van der Waals surface area contributed by atoms with Crippen LogP contribution in [0.3, 0.4) is 0 Å². The summed E-state index contributed by atoms with van der Waals surface area (Å²) >= 11 is 0. The molecule has 0 aromatic heterocycles. The highest BCUT2D eigenvalue weighted by molar-refractivity contribution is 7.91. The van der Waals surface area contributed by atoms with Crippen molar-refractivity contribution in [2.75, 3.05) is 6.61 Å². The third-order valence-electron chi connectivity index (χ3n) is 7.51. The van der Waals surface area contributed by atoms with E-state index in [-0.39, 0.29) is 11.7 Å². The number of hydrogen-bond acceptors (Lipinski definition) is 4. The second-order valence-corrected chi connectivity index (χ2v) is 11.5. The summed E-state index contributed by atoms with van der Waals surface area (Å²) in [7, 11) is -4.52. The highest BCUT2D eigenvalue weighted by Gasteiger charge is 2.58. The van der Waals surface area contributed by atoms with Gasteiger partial charge in [0.05, 0.1) is 12.7 Å². The molecular formula is C22H28FNO4S. The largest absolute Gasteiger partial charge is 0.373 e. The van der Waals surface area contributed by atoms with Crippen molar-refractivity contribution in [1.82, 2.24) is 4.72 Å². The van der Waals surface area contributed by atoms with Gasteiger partial charge in [0.2, 0.25) is 0 Å². The lowest BCUT2D eigenvalue weighted by Gasteiger charge is -2.54. The molecule has 6 rings (SSSR count). The summed E-state index contributed by atoms with van der Waals surface area (Å²) in [6.45, 7) is -0.484. The van der Waals surface area contributed by atoms with E-state index in [4.69, 9.17) is 4.74 Å². The van der Waals surface area contributed by atoms with Gasteiger partial charge in [-0.3, -0.25) is 4.79 Å². The Balaban J connectivity index is 1.30. The van der Waals surface area contributed by atoms with Crippen molar-refractivity contribution in [2.24, 2.45) is 29.6 Å². The molecule has 29 heavy (non-hydrogen) atoms. The number of amides is 1. The van der Waals surface area contributed by atoms with E-state index in [1.165, 1.54) is 18.6 Å². The summed E-state index contributed by atoms with van der Waals surface area (Å²) < 4.78 is 49.8. The Morgan fingerprint density at radius 3 is 2.17 bits per heavy atom. The minimum Gasteiger partial charge on any atom is -0.373 e. The number of halogens is 1. The molecule has 5 aliphatic carbocycles. The first-order valence-electron chi connectivity index (χ1n) is 10.8. The summed E-state index contributed by atoms with van der Waals surface area (Å²) in [6, 6.07) is 8.02. The van der Waals surface area contributed by atoms with Crippen molar-refractivity contribution in [2.45, 2.75) is 56.1 Å². The van der Waals surface area contributed by atoms with Gasteiger partial charge in [0.1, 0.15) is 0 Å². The first-order valence-corrected chi connectivity index (χ1v) is 12.3. The molecule has 1 atom stereocenters. The number of carbonyl (C=O) groups is 1. The zero-order valence-electron chi connectivity index (χ0n) is 16.4. The number of alkyl halides is 1. The van der Waals surface area contributed by atoms with Gasteiger partial charge in [-0.1, -0.05) is 18.2 Å². The Bertz CT molecular complexity index is 857. The summed E-state index contributed by atoms with van der Waals surface area (Å²) in [5.41, 5.74) is 0.191. The number of rotatable bonds is 7. The molecule has 1 amide bonds. The van der Waals surface area contributed by atoms with Gasteiger partial charge in [-0.2, -0.15) is 0 Å². The maximum Gasteiger partial charge on any atom is 0.273 e. The molecule has 5 nitrogen and oxygen atoms in total. The predicted octanol–water partition coefficient (Wildman–Crippen LogP) is 3.66. The Morgan fingerprint density at radius 1 is 1.03 bits per heavy atom. The normalized spacial score (nSPS) is 35.3. The monoisotopic (exact) mass is 421 g/mol. The van der Waals surface area contributed by atoms with Gasteiger partial charge in [-0.05, 0) is 80.8 Å². The molecule has 0 radical (unpaired) electrons. The van der Waals surface area contributed by atoms with Gasteiger partial charge in [0, 0.05) is 11.5 Å². The van der Waals surface area contributed by atoms with Crippen LogP contribution in [0.4, 0.5) is 4.39 Å². The van der Waals surface area contributed by atoms with Gasteiger partial charge in [-0.15, -0.1) is 0 Å². The molecule has 158 valence electrons. The standard InChI is InChI=1S/C22H28FNO4S/c23-22(19-6-7-19,29(26,27)24-21(25)16-4-2-1-3-5-16)13-28-20-17-9-14-8-15(11-17)12-18(20)10-14/h1-5,14-15,17-20H,6-13H2,(H,24,25). The molecule has 1 unspecified atom stereocenters. The van der Waals surface area contributed by atoms with Crippen LogP contribution in [0.15, 0.2) is 30.3 Å². The first-order chi connectivity index (χ1) is 13.9. The van der Waals surface area contributed by atoms with Gasteiger partial charge < -0.3 is 4.74 Å². The molecule has 0 saturated heterocycles. The van der Waals surface area contributed by atoms with E-state index >= 15 is 4.39 Å². The van der Waals surface area contributed by atoms with Crippen LogP contribution < -0.4 is 4.72 Å². The van der Waals surface area contributed by atoms with Crippen LogP contribution in [0, 0.1) is 29.6 Å². The van der Waals surface area contributed by atoms with Crippen molar-refractivity contribution in [3.8, 4) is 0 Å². The van der Waals surface area contributed by atoms with E-state index in [0.29, 0.717) is 24.7 Å². The van der Waals surface area contributed by atoms with E-state index in [1.54, 1.807) is 18.2 Å². The van der Waals surface area contributed by atoms with Crippen molar-refractivity contribution in [1.29, 1.82) is 0 Å². The van der Waals surface area contributed by atoms with Gasteiger partial charge in [0.15, 0.2) is 0 Å². The average molecular weight is 422 g/mol. The molecule has 4 bridgehead atoms. The first kappa shape index (κ1) is 19.5. The molecule has 1 N–H and O–H groups in total. The number of nitrogens with one attached hydrogen (secondary N) is 1. The van der Waals surface area contributed by atoms with Crippen LogP contribution in [-0.4, -0.2) is 32.0 Å². The van der Waals surface area contributed by atoms with Crippen molar-refractivity contribution < 1.29 is 22.3 Å². The Hall–Kier alpha value is -1.47. The Labute approximate surface area is 171 Å². The summed E-state index contributed by atoms with van der Waals surface area (Å²) in [6.07, 6.45) is 6.76. The number of ether oxygens (including phenoxy) is 1. The third-order valence-corrected chi connectivity index (χ3v) is 9.31. The molecule has 0 heterocycles. The van der Waals surface area contributed by atoms with Crippen LogP contribution in [-0.2, 0) is 14.8 Å². The van der Waals surface area contributed by atoms with Crippen LogP contribution in [0.25, 0.3) is 0 Å². The van der Waals surface area contributed by atoms with E-state index < -0.39 is 33.5 Å². The molecule has 7 heteroatoms. The SMILES string of the molecule is O=C(NS(=O)(=O)C(F)(COC1C2CC3CC(C2)CC1C3)C1CC1)c1ccccc1. The van der Waals surface area contributed by atoms with Gasteiger partial charge >= 0.3 is 0 Å². The molecule has 5 aliphatic rings. The highest BCUT2D eigenvalue weighted by Crippen LogP contribution is 2.55. The minimum absolute atomic E-state index is 0.0447. The molecule has 0 aliphatic heterocycles. The summed E-state index contributed by atoms with van der Waals surface area (Å²) in [5.74, 6) is 0.977. The maximum atomic E-state index is 15.9. The van der Waals surface area contributed by atoms with Gasteiger partial charge in [-0.25, -0.2) is 17.5 Å². The van der Waals surface area contributed by atoms with E-state index in [2.05, 4.69) is 0 Å². The van der Waals surface area contributed by atoms with Crippen molar-refractivity contribution >= 4 is 15.9 Å². The fourth-order valence-electron chi connectivity index (χ4n) is 6.14. The topological polar surface area (TPSA) is 72.5 Å². The lowest BCUT2D eigenvalue weighted by atomic mass is 9.55. The van der Waals surface area contributed by atoms with E-state index in [0.717, 1.165) is 37.5 Å². The summed E-state index contributed by atoms with van der Waals surface area (Å²) in [4.78, 5) is 12.4. The van der Waals surface area contributed by atoms with Crippen molar-refractivity contribution in [3.63, 3.8) is 0 Å². The number of carbonyl (C=O) groups excluding carboxylic acids is 1. The molecule has 5 fully saturated rings. The minimum atomic E-state index is -4.52. The predicted molar refractivity (Wildman–Crippen MR) is 106 cm³/mol. The fourth-order valence-corrected chi connectivity index (χ4v) is 7.57. The zero-order chi connectivity index (χ0) is 20.2. The Morgan fingerprint density at radius 2 is 1.62 bits per heavy atom. The number of hydrogen-bond donors (Lipinski definition) is 1. The van der Waals surface area contributed by atoms with Crippen LogP contribution in [0.5, 0.6) is 0 Å². The fraction of sp³-hybridized carbons (Fsp3) is 0.682. The highest BCUT2D eigenvalue weighted by atomic mass is 32.2. The lowest BCUT2D eigenvalue weighted by molar-refractivity contribution is -0.139. The average Bonchev–Trinajstić information content (AvgIpc) is 3.52. The molecule has 0 spiro atoms. The van der Waals surface area contributed by atoms with Gasteiger partial charge in [0.25, 0.3) is 20.9 Å². The molecule has 1 aromatic rings. The van der Waals surface area contributed by atoms with Crippen molar-refractivity contribution in [3.05, 3.63) is 35.9 Å². The van der Waals surface area contributed by atoms with Crippen LogP contribution in [0.1, 0.15) is 55.3 Å². The summed E-state index contributed by atoms with van der Waals surface area (Å²) in [5, 5.41) is -2.56. The second-order valence-electron chi connectivity index (χ2n) is 9.57. The van der Waals surface area contributed by atoms with E-state index in [1.807, 2.05) is 4.72 Å². The molecular weight excluding hydrogens is 393 g/mol. The third kappa shape index (κ3) is 3.50. The Kier molecular flexibility index (Phi) is 4.74. The number of sulfonamides is 1. The zero-order valence-corrected chi connectivity index (χ0v) is 17.2. The maximum absolute atomic E-state index is 15.9.